The van der Waals surface area contributed by atoms with Gasteiger partial charge in [0.05, 0.1) is 0 Å². The van der Waals surface area contributed by atoms with Crippen LogP contribution < -0.4 is 5.73 Å². The summed E-state index contributed by atoms with van der Waals surface area (Å²) in [6.07, 6.45) is 2.06. The number of hydrogen-bond acceptors (Lipinski definition) is 3. The Hall–Kier alpha value is -1.78. The van der Waals surface area contributed by atoms with Gasteiger partial charge in [-0.05, 0) is 25.0 Å². The molecule has 1 aliphatic rings. The molecule has 18 heavy (non-hydrogen) atoms. The smallest absolute Gasteiger partial charge is 0.289 e. The standard InChI is InChI=1S/C13H18N2O3/c1-2-10-3-4-11(18-10)13(17)15-7-5-9(6-8-15)12(14)16/h3-4,9H,2,5-8H2,1H3,(H2,14,16). The van der Waals surface area contributed by atoms with E-state index in [2.05, 4.69) is 0 Å². The van der Waals surface area contributed by atoms with Crippen LogP contribution in [0.3, 0.4) is 0 Å². The summed E-state index contributed by atoms with van der Waals surface area (Å²) in [5, 5.41) is 0. The summed E-state index contributed by atoms with van der Waals surface area (Å²) < 4.78 is 5.44. The van der Waals surface area contributed by atoms with Gasteiger partial charge in [-0.1, -0.05) is 6.92 Å². The minimum Gasteiger partial charge on any atom is -0.456 e. The summed E-state index contributed by atoms with van der Waals surface area (Å²) in [7, 11) is 0. The lowest BCUT2D eigenvalue weighted by molar-refractivity contribution is -0.123. The average Bonchev–Trinajstić information content (AvgIpc) is 2.86. The monoisotopic (exact) mass is 250 g/mol. The first-order valence-electron chi connectivity index (χ1n) is 6.29. The lowest BCUT2D eigenvalue weighted by Crippen LogP contribution is -2.41. The average molecular weight is 250 g/mol. The van der Waals surface area contributed by atoms with Gasteiger partial charge in [0.15, 0.2) is 5.76 Å². The fourth-order valence-electron chi connectivity index (χ4n) is 2.21. The van der Waals surface area contributed by atoms with E-state index in [9.17, 15) is 9.59 Å². The molecule has 2 amide bonds. The highest BCUT2D eigenvalue weighted by molar-refractivity contribution is 5.91. The predicted molar refractivity (Wildman–Crippen MR) is 65.9 cm³/mol. The van der Waals surface area contributed by atoms with Crippen LogP contribution in [0.1, 0.15) is 36.1 Å². The number of amides is 2. The molecule has 1 aromatic heterocycles. The molecule has 1 aliphatic heterocycles. The molecule has 0 bridgehead atoms. The van der Waals surface area contributed by atoms with Gasteiger partial charge >= 0.3 is 0 Å². The van der Waals surface area contributed by atoms with Gasteiger partial charge in [0.1, 0.15) is 5.76 Å². The van der Waals surface area contributed by atoms with E-state index >= 15 is 0 Å². The van der Waals surface area contributed by atoms with Crippen LogP contribution in [0.25, 0.3) is 0 Å². The first-order chi connectivity index (χ1) is 8.61. The van der Waals surface area contributed by atoms with Crippen LogP contribution in [0.15, 0.2) is 16.5 Å². The van der Waals surface area contributed by atoms with Crippen LogP contribution in [0.2, 0.25) is 0 Å². The molecule has 1 aromatic rings. The number of nitrogens with two attached hydrogens (primary N) is 1. The van der Waals surface area contributed by atoms with Crippen molar-refractivity contribution in [3.8, 4) is 0 Å². The molecule has 2 heterocycles. The lowest BCUT2D eigenvalue weighted by atomic mass is 9.96. The SMILES string of the molecule is CCc1ccc(C(=O)N2CCC(C(N)=O)CC2)o1. The maximum atomic E-state index is 12.1. The second kappa shape index (κ2) is 5.25. The van der Waals surface area contributed by atoms with Crippen LogP contribution in [-0.4, -0.2) is 29.8 Å². The van der Waals surface area contributed by atoms with E-state index in [0.717, 1.165) is 12.2 Å². The second-order valence-corrected chi connectivity index (χ2v) is 4.59. The Morgan fingerprint density at radius 3 is 2.56 bits per heavy atom. The minimum atomic E-state index is -0.270. The number of aryl methyl sites for hydroxylation is 1. The molecule has 0 radical (unpaired) electrons. The third-order valence-electron chi connectivity index (χ3n) is 3.41. The molecule has 0 aliphatic carbocycles. The molecule has 0 saturated carbocycles. The van der Waals surface area contributed by atoms with Crippen molar-refractivity contribution in [2.24, 2.45) is 11.7 Å². The Morgan fingerprint density at radius 1 is 1.39 bits per heavy atom. The second-order valence-electron chi connectivity index (χ2n) is 4.59. The van der Waals surface area contributed by atoms with Crippen LogP contribution in [-0.2, 0) is 11.2 Å². The zero-order chi connectivity index (χ0) is 13.1. The summed E-state index contributed by atoms with van der Waals surface area (Å²) in [5.41, 5.74) is 5.26. The summed E-state index contributed by atoms with van der Waals surface area (Å²) in [6.45, 7) is 3.11. The number of piperidine rings is 1. The van der Waals surface area contributed by atoms with E-state index in [1.165, 1.54) is 0 Å². The molecule has 2 N–H and O–H groups in total. The molecule has 5 nitrogen and oxygen atoms in total. The highest BCUT2D eigenvalue weighted by atomic mass is 16.4. The molecule has 2 rings (SSSR count). The maximum absolute atomic E-state index is 12.1. The maximum Gasteiger partial charge on any atom is 0.289 e. The van der Waals surface area contributed by atoms with Gasteiger partial charge in [-0.15, -0.1) is 0 Å². The molecule has 0 aromatic carbocycles. The van der Waals surface area contributed by atoms with E-state index < -0.39 is 0 Å². The van der Waals surface area contributed by atoms with Gasteiger partial charge < -0.3 is 15.1 Å². The molecule has 0 spiro atoms. The van der Waals surface area contributed by atoms with E-state index in [0.29, 0.717) is 31.7 Å². The van der Waals surface area contributed by atoms with E-state index in [1.54, 1.807) is 11.0 Å². The Labute approximate surface area is 106 Å². The van der Waals surface area contributed by atoms with Crippen molar-refractivity contribution in [2.45, 2.75) is 26.2 Å². The van der Waals surface area contributed by atoms with Crippen LogP contribution in [0, 0.1) is 5.92 Å². The minimum absolute atomic E-state index is 0.0994. The number of primary amides is 1. The van der Waals surface area contributed by atoms with Crippen molar-refractivity contribution in [3.63, 3.8) is 0 Å². The van der Waals surface area contributed by atoms with Crippen molar-refractivity contribution in [3.05, 3.63) is 23.7 Å². The van der Waals surface area contributed by atoms with Crippen molar-refractivity contribution in [1.82, 2.24) is 4.90 Å². The van der Waals surface area contributed by atoms with E-state index in [1.807, 2.05) is 13.0 Å². The molecule has 0 atom stereocenters. The van der Waals surface area contributed by atoms with Crippen molar-refractivity contribution in [2.75, 3.05) is 13.1 Å². The van der Waals surface area contributed by atoms with Crippen molar-refractivity contribution < 1.29 is 14.0 Å². The number of rotatable bonds is 3. The number of likely N-dealkylation sites (tertiary alicyclic amines) is 1. The highest BCUT2D eigenvalue weighted by Crippen LogP contribution is 2.19. The molecule has 1 saturated heterocycles. The largest absolute Gasteiger partial charge is 0.456 e. The Kier molecular flexibility index (Phi) is 3.69. The third kappa shape index (κ3) is 2.55. The first kappa shape index (κ1) is 12.7. The third-order valence-corrected chi connectivity index (χ3v) is 3.41. The van der Waals surface area contributed by atoms with Gasteiger partial charge in [-0.25, -0.2) is 0 Å². The van der Waals surface area contributed by atoms with E-state index in [4.69, 9.17) is 10.2 Å². The topological polar surface area (TPSA) is 76.5 Å². The van der Waals surface area contributed by atoms with Gasteiger partial charge in [0.25, 0.3) is 5.91 Å². The number of carbonyl (C=O) groups is 2. The van der Waals surface area contributed by atoms with E-state index in [-0.39, 0.29) is 17.7 Å². The van der Waals surface area contributed by atoms with Crippen molar-refractivity contribution >= 4 is 11.8 Å². The van der Waals surface area contributed by atoms with Crippen LogP contribution >= 0.6 is 0 Å². The molecule has 1 fully saturated rings. The zero-order valence-corrected chi connectivity index (χ0v) is 10.5. The van der Waals surface area contributed by atoms with Gasteiger partial charge in [-0.2, -0.15) is 0 Å². The number of furan rings is 1. The summed E-state index contributed by atoms with van der Waals surface area (Å²) in [5.74, 6) is 0.720. The number of carbonyl (C=O) groups excluding carboxylic acids is 2. The molecular formula is C13H18N2O3. The first-order valence-corrected chi connectivity index (χ1v) is 6.29. The normalized spacial score (nSPS) is 16.8. The highest BCUT2D eigenvalue weighted by Gasteiger charge is 2.27. The summed E-state index contributed by atoms with van der Waals surface area (Å²) in [6, 6.07) is 3.53. The Balaban J connectivity index is 1.97. The zero-order valence-electron chi connectivity index (χ0n) is 10.5. The molecule has 0 unspecified atom stereocenters. The lowest BCUT2D eigenvalue weighted by Gasteiger charge is -2.29. The van der Waals surface area contributed by atoms with Gasteiger partial charge in [0.2, 0.25) is 5.91 Å². The Bertz CT molecular complexity index is 445. The van der Waals surface area contributed by atoms with Gasteiger partial charge in [-0.3, -0.25) is 9.59 Å². The predicted octanol–water partition coefficient (Wildman–Crippen LogP) is 1.18. The van der Waals surface area contributed by atoms with Gasteiger partial charge in [0, 0.05) is 25.4 Å². The van der Waals surface area contributed by atoms with Crippen LogP contribution in [0.4, 0.5) is 0 Å². The molecule has 98 valence electrons. The van der Waals surface area contributed by atoms with Crippen LogP contribution in [0.5, 0.6) is 0 Å². The van der Waals surface area contributed by atoms with Crippen molar-refractivity contribution in [1.29, 1.82) is 0 Å². The fourth-order valence-corrected chi connectivity index (χ4v) is 2.21. The quantitative estimate of drug-likeness (QED) is 0.875. The summed E-state index contributed by atoms with van der Waals surface area (Å²) >= 11 is 0. The fraction of sp³-hybridized carbons (Fsp3) is 0.538. The molecular weight excluding hydrogens is 232 g/mol. The number of hydrogen-bond donors (Lipinski definition) is 1. The molecule has 5 heteroatoms. The number of nitrogens with zero attached hydrogens (tertiary/aromatic N) is 1. The summed E-state index contributed by atoms with van der Waals surface area (Å²) in [4.78, 5) is 24.9. The Morgan fingerprint density at radius 2 is 2.06 bits per heavy atom.